The first-order valence-corrected chi connectivity index (χ1v) is 7.12. The SMILES string of the molecule is CC(C)Oc1ccc(-n2cc(CNC3CC3)nn2)cc1. The third kappa shape index (κ3) is 3.36. The van der Waals surface area contributed by atoms with E-state index in [1.165, 1.54) is 12.8 Å². The molecule has 0 radical (unpaired) electrons. The first-order valence-electron chi connectivity index (χ1n) is 7.12. The summed E-state index contributed by atoms with van der Waals surface area (Å²) in [5.41, 5.74) is 1.96. The summed E-state index contributed by atoms with van der Waals surface area (Å²) in [7, 11) is 0. The summed E-state index contributed by atoms with van der Waals surface area (Å²) in [6.07, 6.45) is 4.72. The molecular weight excluding hydrogens is 252 g/mol. The van der Waals surface area contributed by atoms with Crippen LogP contribution in [-0.4, -0.2) is 27.1 Å². The second-order valence-corrected chi connectivity index (χ2v) is 5.47. The van der Waals surface area contributed by atoms with E-state index in [9.17, 15) is 0 Å². The van der Waals surface area contributed by atoms with Crippen LogP contribution in [0.2, 0.25) is 0 Å². The van der Waals surface area contributed by atoms with E-state index in [0.29, 0.717) is 6.04 Å². The lowest BCUT2D eigenvalue weighted by atomic mass is 10.3. The average Bonchev–Trinajstić information content (AvgIpc) is 3.14. The summed E-state index contributed by atoms with van der Waals surface area (Å²) < 4.78 is 7.42. The van der Waals surface area contributed by atoms with E-state index in [-0.39, 0.29) is 6.10 Å². The van der Waals surface area contributed by atoms with Gasteiger partial charge in [-0.2, -0.15) is 0 Å². The lowest BCUT2D eigenvalue weighted by molar-refractivity contribution is 0.242. The Morgan fingerprint density at radius 1 is 1.30 bits per heavy atom. The highest BCUT2D eigenvalue weighted by Gasteiger charge is 2.20. The van der Waals surface area contributed by atoms with Gasteiger partial charge in [-0.25, -0.2) is 4.68 Å². The second kappa shape index (κ2) is 5.63. The quantitative estimate of drug-likeness (QED) is 0.876. The van der Waals surface area contributed by atoms with Gasteiger partial charge in [0.1, 0.15) is 5.75 Å². The smallest absolute Gasteiger partial charge is 0.119 e. The molecule has 5 nitrogen and oxygen atoms in total. The van der Waals surface area contributed by atoms with Crippen molar-refractivity contribution in [3.05, 3.63) is 36.2 Å². The average molecular weight is 272 g/mol. The Morgan fingerprint density at radius 2 is 2.05 bits per heavy atom. The van der Waals surface area contributed by atoms with Crippen molar-refractivity contribution in [2.45, 2.75) is 45.4 Å². The van der Waals surface area contributed by atoms with Gasteiger partial charge in [-0.3, -0.25) is 0 Å². The van der Waals surface area contributed by atoms with Crippen LogP contribution in [0.1, 0.15) is 32.4 Å². The second-order valence-electron chi connectivity index (χ2n) is 5.47. The number of nitrogens with zero attached hydrogens (tertiary/aromatic N) is 3. The van der Waals surface area contributed by atoms with Gasteiger partial charge in [-0.1, -0.05) is 5.21 Å². The maximum absolute atomic E-state index is 5.63. The molecule has 0 bridgehead atoms. The van der Waals surface area contributed by atoms with Gasteiger partial charge in [0.2, 0.25) is 0 Å². The van der Waals surface area contributed by atoms with Crippen LogP contribution in [0.3, 0.4) is 0 Å². The Kier molecular flexibility index (Phi) is 3.69. The molecule has 0 atom stereocenters. The van der Waals surface area contributed by atoms with Crippen molar-refractivity contribution in [1.82, 2.24) is 20.3 Å². The van der Waals surface area contributed by atoms with Crippen LogP contribution >= 0.6 is 0 Å². The molecule has 1 heterocycles. The molecule has 1 aromatic carbocycles. The summed E-state index contributed by atoms with van der Waals surface area (Å²) in [5, 5.41) is 11.8. The summed E-state index contributed by atoms with van der Waals surface area (Å²) >= 11 is 0. The van der Waals surface area contributed by atoms with Crippen molar-refractivity contribution in [3.63, 3.8) is 0 Å². The van der Waals surface area contributed by atoms with Crippen LogP contribution in [0.4, 0.5) is 0 Å². The topological polar surface area (TPSA) is 52.0 Å². The minimum absolute atomic E-state index is 0.187. The van der Waals surface area contributed by atoms with Gasteiger partial charge < -0.3 is 10.1 Å². The summed E-state index contributed by atoms with van der Waals surface area (Å²) in [6, 6.07) is 8.58. The van der Waals surface area contributed by atoms with Crippen molar-refractivity contribution in [2.24, 2.45) is 0 Å². The van der Waals surface area contributed by atoms with E-state index in [2.05, 4.69) is 15.6 Å². The monoisotopic (exact) mass is 272 g/mol. The van der Waals surface area contributed by atoms with Gasteiger partial charge in [-0.05, 0) is 51.0 Å². The molecule has 0 amide bonds. The minimum Gasteiger partial charge on any atom is -0.491 e. The minimum atomic E-state index is 0.187. The number of nitrogens with one attached hydrogen (secondary N) is 1. The van der Waals surface area contributed by atoms with Crippen LogP contribution < -0.4 is 10.1 Å². The zero-order chi connectivity index (χ0) is 13.9. The molecule has 1 N–H and O–H groups in total. The third-order valence-corrected chi connectivity index (χ3v) is 3.16. The molecule has 0 saturated heterocycles. The van der Waals surface area contributed by atoms with Gasteiger partial charge >= 0.3 is 0 Å². The van der Waals surface area contributed by atoms with Crippen molar-refractivity contribution in [2.75, 3.05) is 0 Å². The fraction of sp³-hybridized carbons (Fsp3) is 0.467. The molecule has 20 heavy (non-hydrogen) atoms. The Hall–Kier alpha value is -1.88. The summed E-state index contributed by atoms with van der Waals surface area (Å²) in [5.74, 6) is 0.875. The molecule has 3 rings (SSSR count). The lowest BCUT2D eigenvalue weighted by Gasteiger charge is -2.09. The molecule has 1 aromatic heterocycles. The molecule has 106 valence electrons. The molecule has 1 aliphatic carbocycles. The molecule has 1 saturated carbocycles. The zero-order valence-corrected chi connectivity index (χ0v) is 11.9. The zero-order valence-electron chi connectivity index (χ0n) is 11.9. The molecule has 1 fully saturated rings. The molecular formula is C15H20N4O. The maximum atomic E-state index is 5.63. The van der Waals surface area contributed by atoms with Crippen LogP contribution in [0, 0.1) is 0 Å². The number of aromatic nitrogens is 3. The highest BCUT2D eigenvalue weighted by molar-refractivity contribution is 5.36. The van der Waals surface area contributed by atoms with Crippen LogP contribution in [0.25, 0.3) is 5.69 Å². The molecule has 5 heteroatoms. The number of benzene rings is 1. The Bertz CT molecular complexity index is 558. The van der Waals surface area contributed by atoms with Crippen molar-refractivity contribution < 1.29 is 4.74 Å². The van der Waals surface area contributed by atoms with E-state index in [1.54, 1.807) is 4.68 Å². The standard InChI is InChI=1S/C15H20N4O/c1-11(2)20-15-7-5-14(6-8-15)19-10-13(17-18-19)9-16-12-3-4-12/h5-8,10-12,16H,3-4,9H2,1-2H3. The molecule has 2 aromatic rings. The normalized spacial score (nSPS) is 14.8. The predicted octanol–water partition coefficient (Wildman–Crippen LogP) is 2.31. The Labute approximate surface area is 118 Å². The number of ether oxygens (including phenoxy) is 1. The van der Waals surface area contributed by atoms with Crippen LogP contribution in [0.5, 0.6) is 5.75 Å². The fourth-order valence-electron chi connectivity index (χ4n) is 1.99. The van der Waals surface area contributed by atoms with Gasteiger partial charge in [-0.15, -0.1) is 5.10 Å². The van der Waals surface area contributed by atoms with Gasteiger partial charge in [0.15, 0.2) is 0 Å². The van der Waals surface area contributed by atoms with E-state index in [4.69, 9.17) is 4.74 Å². The summed E-state index contributed by atoms with van der Waals surface area (Å²) in [4.78, 5) is 0. The Balaban J connectivity index is 1.65. The maximum Gasteiger partial charge on any atom is 0.119 e. The van der Waals surface area contributed by atoms with Crippen molar-refractivity contribution in [3.8, 4) is 11.4 Å². The van der Waals surface area contributed by atoms with Crippen molar-refractivity contribution >= 4 is 0 Å². The van der Waals surface area contributed by atoms with Crippen molar-refractivity contribution in [1.29, 1.82) is 0 Å². The van der Waals surface area contributed by atoms with Gasteiger partial charge in [0.05, 0.1) is 23.7 Å². The van der Waals surface area contributed by atoms with E-state index < -0.39 is 0 Å². The molecule has 0 unspecified atom stereocenters. The third-order valence-electron chi connectivity index (χ3n) is 3.16. The van der Waals surface area contributed by atoms with Crippen LogP contribution in [0.15, 0.2) is 30.5 Å². The number of hydrogen-bond donors (Lipinski definition) is 1. The highest BCUT2D eigenvalue weighted by Crippen LogP contribution is 2.19. The predicted molar refractivity (Wildman–Crippen MR) is 77.0 cm³/mol. The molecule has 0 aliphatic heterocycles. The fourth-order valence-corrected chi connectivity index (χ4v) is 1.99. The largest absolute Gasteiger partial charge is 0.491 e. The first-order chi connectivity index (χ1) is 9.70. The van der Waals surface area contributed by atoms with Gasteiger partial charge in [0.25, 0.3) is 0 Å². The number of rotatable bonds is 6. The van der Waals surface area contributed by atoms with E-state index in [1.807, 2.05) is 44.3 Å². The summed E-state index contributed by atoms with van der Waals surface area (Å²) in [6.45, 7) is 4.83. The highest BCUT2D eigenvalue weighted by atomic mass is 16.5. The first kappa shape index (κ1) is 13.1. The van der Waals surface area contributed by atoms with E-state index in [0.717, 1.165) is 23.7 Å². The Morgan fingerprint density at radius 3 is 2.70 bits per heavy atom. The van der Waals surface area contributed by atoms with E-state index >= 15 is 0 Å². The van der Waals surface area contributed by atoms with Gasteiger partial charge in [0, 0.05) is 12.6 Å². The molecule has 1 aliphatic rings. The lowest BCUT2D eigenvalue weighted by Crippen LogP contribution is -2.15. The van der Waals surface area contributed by atoms with Crippen LogP contribution in [-0.2, 0) is 6.54 Å². The molecule has 0 spiro atoms. The number of hydrogen-bond acceptors (Lipinski definition) is 4.